The molecule has 0 saturated carbocycles. The van der Waals surface area contributed by atoms with Crippen LogP contribution in [0.3, 0.4) is 0 Å². The molecule has 1 aliphatic heterocycles. The molecule has 6 nitrogen and oxygen atoms in total. The number of amides is 2. The molecule has 0 unspecified atom stereocenters. The number of aromatic nitrogens is 1. The van der Waals surface area contributed by atoms with E-state index < -0.39 is 0 Å². The first-order chi connectivity index (χ1) is 11.7. The van der Waals surface area contributed by atoms with Crippen molar-refractivity contribution < 1.29 is 14.3 Å². The summed E-state index contributed by atoms with van der Waals surface area (Å²) in [6.45, 7) is 0.892. The van der Waals surface area contributed by atoms with Crippen LogP contribution in [0, 0.1) is 0 Å². The van der Waals surface area contributed by atoms with Crippen LogP contribution in [-0.2, 0) is 4.74 Å². The predicted molar refractivity (Wildman–Crippen MR) is 91.4 cm³/mol. The normalized spacial score (nSPS) is 14.0. The number of carbonyl (C=O) groups excluding carboxylic acids is 2. The van der Waals surface area contributed by atoms with Crippen LogP contribution in [0.25, 0.3) is 10.9 Å². The van der Waals surface area contributed by atoms with Crippen LogP contribution in [-0.4, -0.2) is 30.1 Å². The van der Waals surface area contributed by atoms with Gasteiger partial charge in [0, 0.05) is 22.3 Å². The number of hydrogen-bond acceptors (Lipinski definition) is 3. The number of benzene rings is 2. The predicted octanol–water partition coefficient (Wildman–Crippen LogP) is 3.38. The molecule has 0 atom stereocenters. The zero-order valence-corrected chi connectivity index (χ0v) is 12.8. The third-order valence-corrected chi connectivity index (χ3v) is 3.95. The topological polar surface area (TPSA) is 74.4 Å². The van der Waals surface area contributed by atoms with E-state index in [1.54, 1.807) is 23.1 Å². The van der Waals surface area contributed by atoms with E-state index in [4.69, 9.17) is 4.74 Å². The number of ether oxygens (including phenoxy) is 1. The first kappa shape index (κ1) is 14.3. The van der Waals surface area contributed by atoms with E-state index in [2.05, 4.69) is 10.3 Å². The van der Waals surface area contributed by atoms with Crippen LogP contribution in [0.2, 0.25) is 0 Å². The van der Waals surface area contributed by atoms with Gasteiger partial charge in [0.1, 0.15) is 12.3 Å². The summed E-state index contributed by atoms with van der Waals surface area (Å²) in [7, 11) is 0. The van der Waals surface area contributed by atoms with Crippen molar-refractivity contribution in [3.63, 3.8) is 0 Å². The highest BCUT2D eigenvalue weighted by molar-refractivity contribution is 6.06. The third-order valence-electron chi connectivity index (χ3n) is 3.95. The van der Waals surface area contributed by atoms with Crippen LogP contribution in [0.5, 0.6) is 0 Å². The number of hydrogen-bond donors (Lipinski definition) is 2. The number of nitrogens with one attached hydrogen (secondary N) is 2. The molecule has 1 aromatic heterocycles. The van der Waals surface area contributed by atoms with E-state index >= 15 is 0 Å². The van der Waals surface area contributed by atoms with Crippen LogP contribution in [0.1, 0.15) is 10.5 Å². The van der Waals surface area contributed by atoms with Gasteiger partial charge in [0.2, 0.25) is 0 Å². The number of carbonyl (C=O) groups is 2. The van der Waals surface area contributed by atoms with Gasteiger partial charge in [-0.3, -0.25) is 9.69 Å². The lowest BCUT2D eigenvalue weighted by Crippen LogP contribution is -2.23. The molecule has 120 valence electrons. The summed E-state index contributed by atoms with van der Waals surface area (Å²) in [5.74, 6) is -0.229. The summed E-state index contributed by atoms with van der Waals surface area (Å²) in [5, 5.41) is 3.83. The SMILES string of the molecule is O=C(Nc1cccc(N2CCOC2=O)c1)c1cc2ccccc2[nH]1. The van der Waals surface area contributed by atoms with E-state index in [9.17, 15) is 9.59 Å². The Hall–Kier alpha value is -3.28. The Bertz CT molecular complexity index is 899. The van der Waals surface area contributed by atoms with E-state index in [-0.39, 0.29) is 12.0 Å². The molecule has 0 spiro atoms. The lowest BCUT2D eigenvalue weighted by molar-refractivity contribution is 0.102. The lowest BCUT2D eigenvalue weighted by atomic mass is 10.2. The van der Waals surface area contributed by atoms with Crippen molar-refractivity contribution in [2.45, 2.75) is 0 Å². The van der Waals surface area contributed by atoms with Crippen LogP contribution < -0.4 is 10.2 Å². The molecule has 3 aromatic rings. The molecule has 1 aliphatic rings. The van der Waals surface area contributed by atoms with E-state index in [0.29, 0.717) is 30.2 Å². The third kappa shape index (κ3) is 2.58. The maximum Gasteiger partial charge on any atom is 0.414 e. The average molecular weight is 321 g/mol. The second kappa shape index (κ2) is 5.73. The molecule has 1 fully saturated rings. The van der Waals surface area contributed by atoms with Crippen LogP contribution in [0.15, 0.2) is 54.6 Å². The molecule has 2 amide bonds. The quantitative estimate of drug-likeness (QED) is 0.776. The first-order valence-electron chi connectivity index (χ1n) is 7.64. The Balaban J connectivity index is 1.56. The van der Waals surface area contributed by atoms with Crippen LogP contribution in [0.4, 0.5) is 16.2 Å². The molecule has 2 N–H and O–H groups in total. The minimum Gasteiger partial charge on any atom is -0.447 e. The zero-order chi connectivity index (χ0) is 16.5. The van der Waals surface area contributed by atoms with Crippen molar-refractivity contribution in [1.29, 1.82) is 0 Å². The Kier molecular flexibility index (Phi) is 3.42. The smallest absolute Gasteiger partial charge is 0.414 e. The molecular weight excluding hydrogens is 306 g/mol. The van der Waals surface area contributed by atoms with Crippen molar-refractivity contribution in [3.05, 3.63) is 60.3 Å². The summed E-state index contributed by atoms with van der Waals surface area (Å²) in [6, 6.07) is 16.7. The Morgan fingerprint density at radius 3 is 2.79 bits per heavy atom. The highest BCUT2D eigenvalue weighted by Gasteiger charge is 2.23. The zero-order valence-electron chi connectivity index (χ0n) is 12.8. The van der Waals surface area contributed by atoms with Gasteiger partial charge >= 0.3 is 6.09 Å². The van der Waals surface area contributed by atoms with Crippen molar-refractivity contribution in [1.82, 2.24) is 4.98 Å². The van der Waals surface area contributed by atoms with Crippen molar-refractivity contribution in [2.24, 2.45) is 0 Å². The number of rotatable bonds is 3. The maximum absolute atomic E-state index is 12.4. The van der Waals surface area contributed by atoms with Gasteiger partial charge in [-0.1, -0.05) is 24.3 Å². The summed E-state index contributed by atoms with van der Waals surface area (Å²) < 4.78 is 4.94. The molecule has 6 heteroatoms. The fourth-order valence-corrected chi connectivity index (χ4v) is 2.77. The van der Waals surface area contributed by atoms with E-state index in [1.165, 1.54) is 0 Å². The van der Waals surface area contributed by atoms with E-state index in [1.807, 2.05) is 36.4 Å². The van der Waals surface area contributed by atoms with Gasteiger partial charge in [0.25, 0.3) is 5.91 Å². The molecule has 0 bridgehead atoms. The first-order valence-corrected chi connectivity index (χ1v) is 7.64. The molecule has 0 aliphatic carbocycles. The molecule has 2 aromatic carbocycles. The summed E-state index contributed by atoms with van der Waals surface area (Å²) >= 11 is 0. The van der Waals surface area contributed by atoms with E-state index in [0.717, 1.165) is 10.9 Å². The minimum atomic E-state index is -0.367. The number of nitrogens with zero attached hydrogens (tertiary/aromatic N) is 1. The highest BCUT2D eigenvalue weighted by Crippen LogP contribution is 2.23. The molecule has 1 saturated heterocycles. The van der Waals surface area contributed by atoms with Gasteiger partial charge in [-0.05, 0) is 30.3 Å². The molecule has 4 rings (SSSR count). The Morgan fingerprint density at radius 2 is 2.00 bits per heavy atom. The van der Waals surface area contributed by atoms with Gasteiger partial charge in [-0.2, -0.15) is 0 Å². The van der Waals surface area contributed by atoms with Crippen molar-refractivity contribution >= 4 is 34.3 Å². The summed E-state index contributed by atoms with van der Waals surface area (Å²) in [6.07, 6.45) is -0.367. The summed E-state index contributed by atoms with van der Waals surface area (Å²) in [4.78, 5) is 28.7. The maximum atomic E-state index is 12.4. The van der Waals surface area contributed by atoms with Gasteiger partial charge in [-0.15, -0.1) is 0 Å². The van der Waals surface area contributed by atoms with Gasteiger partial charge in [0.15, 0.2) is 0 Å². The molecule has 24 heavy (non-hydrogen) atoms. The Labute approximate surface area is 138 Å². The lowest BCUT2D eigenvalue weighted by Gasteiger charge is -2.14. The highest BCUT2D eigenvalue weighted by atomic mass is 16.6. The monoisotopic (exact) mass is 321 g/mol. The second-order valence-corrected chi connectivity index (χ2v) is 5.54. The number of cyclic esters (lactones) is 1. The number of para-hydroxylation sites is 1. The average Bonchev–Trinajstić information content (AvgIpc) is 3.21. The van der Waals surface area contributed by atoms with Crippen molar-refractivity contribution in [3.8, 4) is 0 Å². The molecule has 0 radical (unpaired) electrons. The largest absolute Gasteiger partial charge is 0.447 e. The number of H-pyrrole nitrogens is 1. The fourth-order valence-electron chi connectivity index (χ4n) is 2.77. The second-order valence-electron chi connectivity index (χ2n) is 5.54. The molecular formula is C18H15N3O3. The van der Waals surface area contributed by atoms with Gasteiger partial charge in [0.05, 0.1) is 6.54 Å². The summed E-state index contributed by atoms with van der Waals surface area (Å²) in [5.41, 5.74) is 2.72. The van der Waals surface area contributed by atoms with Gasteiger partial charge < -0.3 is 15.0 Å². The van der Waals surface area contributed by atoms with Crippen LogP contribution >= 0.6 is 0 Å². The van der Waals surface area contributed by atoms with Crippen molar-refractivity contribution in [2.75, 3.05) is 23.4 Å². The standard InChI is InChI=1S/C18H15N3O3/c22-17(16-10-12-4-1-2-7-15(12)20-16)19-13-5-3-6-14(11-13)21-8-9-24-18(21)23/h1-7,10-11,20H,8-9H2,(H,19,22). The number of anilines is 2. The Morgan fingerprint density at radius 1 is 1.12 bits per heavy atom. The van der Waals surface area contributed by atoms with Gasteiger partial charge in [-0.25, -0.2) is 4.79 Å². The molecule has 2 heterocycles. The number of fused-ring (bicyclic) bond motifs is 1. The fraction of sp³-hybridized carbons (Fsp3) is 0.111. The number of aromatic amines is 1. The minimum absolute atomic E-state index is 0.229.